The average molecular weight is 343 g/mol. The van der Waals surface area contributed by atoms with Crippen LogP contribution in [-0.4, -0.2) is 24.1 Å². The molecule has 0 atom stereocenters. The molecule has 1 N–H and O–H groups in total. The number of rotatable bonds is 8. The average Bonchev–Trinajstić information content (AvgIpc) is 2.61. The summed E-state index contributed by atoms with van der Waals surface area (Å²) in [4.78, 5) is 35.7. The van der Waals surface area contributed by atoms with Gasteiger partial charge >= 0.3 is 0 Å². The summed E-state index contributed by atoms with van der Waals surface area (Å²) in [6.07, 6.45) is -0.511. The number of ketones is 2. The molecule has 0 aliphatic heterocycles. The van der Waals surface area contributed by atoms with Gasteiger partial charge in [0.25, 0.3) is 5.91 Å². The van der Waals surface area contributed by atoms with Gasteiger partial charge in [0.2, 0.25) is 5.78 Å². The molecule has 0 heterocycles. The van der Waals surface area contributed by atoms with E-state index in [1.165, 1.54) is 24.3 Å². The quantitative estimate of drug-likeness (QED) is 0.454. The summed E-state index contributed by atoms with van der Waals surface area (Å²) < 4.78 is 18.1. The Morgan fingerprint density at radius 1 is 1.00 bits per heavy atom. The van der Waals surface area contributed by atoms with Gasteiger partial charge < -0.3 is 10.1 Å². The number of nitrogens with one attached hydrogen (secondary N) is 1. The van der Waals surface area contributed by atoms with Crippen molar-refractivity contribution in [2.75, 3.05) is 6.61 Å². The molecule has 0 aliphatic carbocycles. The van der Waals surface area contributed by atoms with E-state index in [1.807, 2.05) is 6.92 Å². The molecule has 0 unspecified atom stereocenters. The van der Waals surface area contributed by atoms with E-state index in [-0.39, 0.29) is 12.4 Å². The summed E-state index contributed by atoms with van der Waals surface area (Å²) in [6.45, 7) is 2.45. The Labute approximate surface area is 144 Å². The molecular formula is C19H18FNO4. The number of carbonyl (C=O) groups is 3. The molecule has 0 aromatic heterocycles. The van der Waals surface area contributed by atoms with Crippen molar-refractivity contribution in [2.24, 2.45) is 0 Å². The molecule has 2 rings (SSSR count). The van der Waals surface area contributed by atoms with E-state index in [9.17, 15) is 18.8 Å². The van der Waals surface area contributed by atoms with E-state index in [2.05, 4.69) is 5.32 Å². The van der Waals surface area contributed by atoms with Crippen LogP contribution in [-0.2, 0) is 16.1 Å². The van der Waals surface area contributed by atoms with Crippen LogP contribution in [0.3, 0.4) is 0 Å². The summed E-state index contributed by atoms with van der Waals surface area (Å²) in [6, 6.07) is 11.9. The van der Waals surface area contributed by atoms with Crippen molar-refractivity contribution in [3.8, 4) is 5.75 Å². The van der Waals surface area contributed by atoms with Gasteiger partial charge in [-0.3, -0.25) is 14.4 Å². The number of carbonyl (C=O) groups excluding carboxylic acids is 3. The minimum absolute atomic E-state index is 0.0854. The molecule has 0 saturated heterocycles. The Hall–Kier alpha value is -3.02. The van der Waals surface area contributed by atoms with Crippen LogP contribution in [0, 0.1) is 5.82 Å². The molecule has 1 amide bonds. The van der Waals surface area contributed by atoms with Gasteiger partial charge in [0, 0.05) is 12.1 Å². The molecule has 0 radical (unpaired) electrons. The molecule has 0 fully saturated rings. The fourth-order valence-corrected chi connectivity index (χ4v) is 2.12. The van der Waals surface area contributed by atoms with Crippen molar-refractivity contribution in [1.82, 2.24) is 5.32 Å². The van der Waals surface area contributed by atoms with E-state index in [4.69, 9.17) is 4.74 Å². The third-order valence-corrected chi connectivity index (χ3v) is 3.43. The van der Waals surface area contributed by atoms with Crippen molar-refractivity contribution >= 4 is 17.5 Å². The summed E-state index contributed by atoms with van der Waals surface area (Å²) in [5.41, 5.74) is 0.989. The number of benzene rings is 2. The highest BCUT2D eigenvalue weighted by molar-refractivity contribution is 6.40. The summed E-state index contributed by atoms with van der Waals surface area (Å²) in [7, 11) is 0. The Balaban J connectivity index is 1.86. The first kappa shape index (κ1) is 18.3. The van der Waals surface area contributed by atoms with Gasteiger partial charge in [-0.05, 0) is 48.9 Å². The highest BCUT2D eigenvalue weighted by atomic mass is 19.1. The lowest BCUT2D eigenvalue weighted by atomic mass is 10.1. The van der Waals surface area contributed by atoms with Gasteiger partial charge in [-0.15, -0.1) is 0 Å². The van der Waals surface area contributed by atoms with E-state index >= 15 is 0 Å². The van der Waals surface area contributed by atoms with Crippen molar-refractivity contribution in [3.63, 3.8) is 0 Å². The van der Waals surface area contributed by atoms with Gasteiger partial charge in [0.15, 0.2) is 5.78 Å². The highest BCUT2D eigenvalue weighted by Crippen LogP contribution is 2.13. The first-order chi connectivity index (χ1) is 12.0. The van der Waals surface area contributed by atoms with Crippen LogP contribution in [0.5, 0.6) is 5.75 Å². The van der Waals surface area contributed by atoms with Gasteiger partial charge in [-0.25, -0.2) is 4.39 Å². The maximum Gasteiger partial charge on any atom is 0.288 e. The third-order valence-electron chi connectivity index (χ3n) is 3.43. The van der Waals surface area contributed by atoms with Crippen LogP contribution >= 0.6 is 0 Å². The van der Waals surface area contributed by atoms with E-state index in [0.29, 0.717) is 23.5 Å². The molecule has 0 bridgehead atoms. The number of halogens is 1. The zero-order valence-electron chi connectivity index (χ0n) is 13.8. The Kier molecular flexibility index (Phi) is 6.39. The Morgan fingerprint density at radius 2 is 1.64 bits per heavy atom. The van der Waals surface area contributed by atoms with Crippen LogP contribution in [0.15, 0.2) is 48.5 Å². The molecule has 25 heavy (non-hydrogen) atoms. The molecule has 2 aromatic rings. The number of ether oxygens (including phenoxy) is 1. The molecule has 5 nitrogen and oxygen atoms in total. The fourth-order valence-electron chi connectivity index (χ4n) is 2.12. The normalized spacial score (nSPS) is 10.2. The molecule has 2 aromatic carbocycles. The van der Waals surface area contributed by atoms with Crippen molar-refractivity contribution in [2.45, 2.75) is 19.9 Å². The van der Waals surface area contributed by atoms with Crippen LogP contribution in [0.25, 0.3) is 0 Å². The first-order valence-electron chi connectivity index (χ1n) is 7.81. The second-order valence-electron chi connectivity index (χ2n) is 5.29. The maximum absolute atomic E-state index is 12.8. The topological polar surface area (TPSA) is 72.5 Å². The van der Waals surface area contributed by atoms with Crippen LogP contribution in [0.1, 0.15) is 29.3 Å². The highest BCUT2D eigenvalue weighted by Gasteiger charge is 2.18. The Bertz CT molecular complexity index is 754. The lowest BCUT2D eigenvalue weighted by Gasteiger charge is -2.06. The summed E-state index contributed by atoms with van der Waals surface area (Å²) >= 11 is 0. The minimum atomic E-state index is -0.844. The first-order valence-corrected chi connectivity index (χ1v) is 7.81. The second kappa shape index (κ2) is 8.73. The summed E-state index contributed by atoms with van der Waals surface area (Å²) in [5, 5.41) is 2.42. The minimum Gasteiger partial charge on any atom is -0.494 e. The fraction of sp³-hybridized carbons (Fsp3) is 0.211. The van der Waals surface area contributed by atoms with E-state index in [1.54, 1.807) is 24.3 Å². The number of hydrogen-bond acceptors (Lipinski definition) is 4. The monoisotopic (exact) mass is 343 g/mol. The van der Waals surface area contributed by atoms with Crippen molar-refractivity contribution in [1.29, 1.82) is 0 Å². The zero-order valence-corrected chi connectivity index (χ0v) is 13.8. The van der Waals surface area contributed by atoms with E-state index < -0.39 is 23.9 Å². The molecule has 0 spiro atoms. The molecule has 6 heteroatoms. The molecule has 0 saturated carbocycles. The van der Waals surface area contributed by atoms with Gasteiger partial charge in [-0.2, -0.15) is 0 Å². The second-order valence-corrected chi connectivity index (χ2v) is 5.29. The Morgan fingerprint density at radius 3 is 2.24 bits per heavy atom. The van der Waals surface area contributed by atoms with Gasteiger partial charge in [0.05, 0.1) is 13.0 Å². The molecule has 0 aliphatic rings. The van der Waals surface area contributed by atoms with Crippen LogP contribution in [0.4, 0.5) is 4.39 Å². The van der Waals surface area contributed by atoms with Gasteiger partial charge in [0.1, 0.15) is 11.6 Å². The molecular weight excluding hydrogens is 325 g/mol. The third kappa shape index (κ3) is 5.53. The van der Waals surface area contributed by atoms with Crippen molar-refractivity contribution < 1.29 is 23.5 Å². The predicted molar refractivity (Wildman–Crippen MR) is 89.8 cm³/mol. The maximum atomic E-state index is 12.8. The van der Waals surface area contributed by atoms with Crippen LogP contribution in [0.2, 0.25) is 0 Å². The zero-order chi connectivity index (χ0) is 18.2. The van der Waals surface area contributed by atoms with Crippen molar-refractivity contribution in [3.05, 3.63) is 65.5 Å². The number of hydrogen-bond donors (Lipinski definition) is 1. The van der Waals surface area contributed by atoms with Gasteiger partial charge in [-0.1, -0.05) is 12.1 Å². The van der Waals surface area contributed by atoms with Crippen LogP contribution < -0.4 is 10.1 Å². The molecule has 130 valence electrons. The number of amides is 1. The lowest BCUT2D eigenvalue weighted by molar-refractivity contribution is -0.137. The lowest BCUT2D eigenvalue weighted by Crippen LogP contribution is -2.31. The van der Waals surface area contributed by atoms with E-state index in [0.717, 1.165) is 0 Å². The standard InChI is InChI=1S/C19H18FNO4/c1-2-25-16-9-5-14(6-10-16)17(22)11-18(23)19(24)21-12-13-3-7-15(20)8-4-13/h3-10H,2,11-12H2,1H3,(H,21,24). The predicted octanol–water partition coefficient (Wildman–Crippen LogP) is 2.68. The largest absolute Gasteiger partial charge is 0.494 e. The summed E-state index contributed by atoms with van der Waals surface area (Å²) in [5.74, 6) is -1.86. The SMILES string of the molecule is CCOc1ccc(C(=O)CC(=O)C(=O)NCc2ccc(F)cc2)cc1. The smallest absolute Gasteiger partial charge is 0.288 e. The number of Topliss-reactive ketones (excluding diaryl/α,β-unsaturated/α-hetero) is 2.